The molecule has 188 valence electrons. The van der Waals surface area contributed by atoms with Crippen molar-refractivity contribution in [1.29, 1.82) is 0 Å². The Hall–Kier alpha value is -3.51. The van der Waals surface area contributed by atoms with Gasteiger partial charge < -0.3 is 14.8 Å². The Labute approximate surface area is 217 Å². The van der Waals surface area contributed by atoms with Gasteiger partial charge in [0.15, 0.2) is 11.5 Å². The number of anilines is 1. The molecular weight excluding hydrogens is 474 g/mol. The molecule has 2 aromatic heterocycles. The van der Waals surface area contributed by atoms with Crippen LogP contribution in [0.5, 0.6) is 11.5 Å². The number of pyridine rings is 1. The number of esters is 1. The van der Waals surface area contributed by atoms with E-state index in [2.05, 4.69) is 44.3 Å². The lowest BCUT2D eigenvalue weighted by Crippen LogP contribution is -2.36. The maximum Gasteiger partial charge on any atom is 0.345 e. The van der Waals surface area contributed by atoms with Crippen molar-refractivity contribution in [2.24, 2.45) is 5.41 Å². The van der Waals surface area contributed by atoms with Crippen molar-refractivity contribution in [1.82, 2.24) is 9.38 Å². The number of fused-ring (bicyclic) bond motifs is 1. The second-order valence-electron chi connectivity index (χ2n) is 10.7. The normalized spacial score (nSPS) is 12.0. The van der Waals surface area contributed by atoms with E-state index in [1.807, 2.05) is 36.5 Å². The Morgan fingerprint density at radius 2 is 1.72 bits per heavy atom. The van der Waals surface area contributed by atoms with Crippen molar-refractivity contribution < 1.29 is 14.3 Å². The standard InChI is InChI=1S/C29H32ClN3O3/c1-28(2,3)18-29(4,5)32-26-25(31-24-13-9-10-16-33(24)26)19-14-15-22(23(17-19)35-6)36-27(34)20-11-7-8-12-21(20)30/h7-17,32H,18H2,1-6H3. The Kier molecular flexibility index (Phi) is 7.01. The van der Waals surface area contributed by atoms with E-state index in [1.165, 1.54) is 0 Å². The maximum absolute atomic E-state index is 12.7. The zero-order chi connectivity index (χ0) is 26.1. The minimum atomic E-state index is -0.550. The monoisotopic (exact) mass is 505 g/mol. The topological polar surface area (TPSA) is 64.9 Å². The molecule has 36 heavy (non-hydrogen) atoms. The van der Waals surface area contributed by atoms with Crippen LogP contribution < -0.4 is 14.8 Å². The minimum Gasteiger partial charge on any atom is -0.493 e. The lowest BCUT2D eigenvalue weighted by Gasteiger charge is -2.34. The number of imidazole rings is 1. The smallest absolute Gasteiger partial charge is 0.345 e. The molecule has 1 N–H and O–H groups in total. The van der Waals surface area contributed by atoms with Crippen LogP contribution in [0.3, 0.4) is 0 Å². The number of nitrogens with one attached hydrogen (secondary N) is 1. The molecular formula is C29H32ClN3O3. The molecule has 0 unspecified atom stereocenters. The van der Waals surface area contributed by atoms with Crippen LogP contribution in [0.4, 0.5) is 5.82 Å². The molecule has 0 atom stereocenters. The highest BCUT2D eigenvalue weighted by Crippen LogP contribution is 2.38. The van der Waals surface area contributed by atoms with Crippen molar-refractivity contribution in [3.05, 3.63) is 77.4 Å². The molecule has 0 aliphatic heterocycles. The van der Waals surface area contributed by atoms with Gasteiger partial charge in [-0.1, -0.05) is 50.6 Å². The van der Waals surface area contributed by atoms with E-state index >= 15 is 0 Å². The largest absolute Gasteiger partial charge is 0.493 e. The Balaban J connectivity index is 1.72. The summed E-state index contributed by atoms with van der Waals surface area (Å²) >= 11 is 6.16. The van der Waals surface area contributed by atoms with Gasteiger partial charge in [0.25, 0.3) is 0 Å². The summed E-state index contributed by atoms with van der Waals surface area (Å²) in [5.74, 6) is 1.07. The molecule has 6 nitrogen and oxygen atoms in total. The van der Waals surface area contributed by atoms with Gasteiger partial charge in [-0.25, -0.2) is 9.78 Å². The van der Waals surface area contributed by atoms with Crippen molar-refractivity contribution >= 4 is 29.0 Å². The molecule has 7 heteroatoms. The second-order valence-corrected chi connectivity index (χ2v) is 11.1. The van der Waals surface area contributed by atoms with Gasteiger partial charge in [0, 0.05) is 17.3 Å². The van der Waals surface area contributed by atoms with Crippen LogP contribution in [0.1, 0.15) is 51.4 Å². The van der Waals surface area contributed by atoms with E-state index in [0.29, 0.717) is 22.1 Å². The van der Waals surface area contributed by atoms with Crippen LogP contribution in [0, 0.1) is 5.41 Å². The molecule has 2 heterocycles. The third kappa shape index (κ3) is 5.65. The molecule has 0 amide bonds. The van der Waals surface area contributed by atoms with Gasteiger partial charge in [0.05, 0.1) is 17.7 Å². The SMILES string of the molecule is COc1cc(-c2nc3ccccn3c2NC(C)(C)CC(C)(C)C)ccc1OC(=O)c1ccccc1Cl. The Morgan fingerprint density at radius 3 is 2.42 bits per heavy atom. The number of carbonyl (C=O) groups excluding carboxylic acids is 1. The van der Waals surface area contributed by atoms with Gasteiger partial charge in [-0.15, -0.1) is 0 Å². The van der Waals surface area contributed by atoms with Crippen molar-refractivity contribution in [3.8, 4) is 22.8 Å². The Morgan fingerprint density at radius 1 is 1.00 bits per heavy atom. The number of carbonyl (C=O) groups is 1. The van der Waals surface area contributed by atoms with Gasteiger partial charge in [-0.05, 0) is 68.1 Å². The third-order valence-electron chi connectivity index (χ3n) is 5.69. The summed E-state index contributed by atoms with van der Waals surface area (Å²) in [6.45, 7) is 11.1. The highest BCUT2D eigenvalue weighted by atomic mass is 35.5. The van der Waals surface area contributed by atoms with Gasteiger partial charge in [0.1, 0.15) is 17.2 Å². The number of nitrogens with zero attached hydrogens (tertiary/aromatic N) is 2. The third-order valence-corrected chi connectivity index (χ3v) is 6.02. The predicted molar refractivity (Wildman–Crippen MR) is 145 cm³/mol. The first-order valence-corrected chi connectivity index (χ1v) is 12.3. The number of aromatic nitrogens is 2. The molecule has 0 radical (unpaired) electrons. The second kappa shape index (κ2) is 9.86. The quantitative estimate of drug-likeness (QED) is 0.208. The van der Waals surface area contributed by atoms with Crippen LogP contribution in [0.15, 0.2) is 66.9 Å². The number of methoxy groups -OCH3 is 1. The molecule has 0 saturated carbocycles. The van der Waals surface area contributed by atoms with Crippen LogP contribution in [0.25, 0.3) is 16.9 Å². The number of ether oxygens (including phenoxy) is 2. The molecule has 2 aromatic carbocycles. The lowest BCUT2D eigenvalue weighted by atomic mass is 9.82. The van der Waals surface area contributed by atoms with E-state index in [4.69, 9.17) is 26.1 Å². The van der Waals surface area contributed by atoms with Gasteiger partial charge in [-0.3, -0.25) is 4.40 Å². The van der Waals surface area contributed by atoms with Crippen LogP contribution in [0.2, 0.25) is 5.02 Å². The summed E-state index contributed by atoms with van der Waals surface area (Å²) in [6, 6.07) is 18.1. The highest BCUT2D eigenvalue weighted by molar-refractivity contribution is 6.33. The van der Waals surface area contributed by atoms with Crippen LogP contribution in [-0.2, 0) is 0 Å². The van der Waals surface area contributed by atoms with Crippen molar-refractivity contribution in [2.75, 3.05) is 12.4 Å². The van der Waals surface area contributed by atoms with E-state index in [1.54, 1.807) is 37.4 Å². The summed E-state index contributed by atoms with van der Waals surface area (Å²) in [5, 5.41) is 4.07. The number of hydrogen-bond acceptors (Lipinski definition) is 5. The average molecular weight is 506 g/mol. The summed E-state index contributed by atoms with van der Waals surface area (Å²) in [7, 11) is 1.54. The maximum atomic E-state index is 12.7. The first-order valence-electron chi connectivity index (χ1n) is 11.9. The Bertz CT molecular complexity index is 1400. The molecule has 0 spiro atoms. The number of halogens is 1. The van der Waals surface area contributed by atoms with Crippen LogP contribution >= 0.6 is 11.6 Å². The summed E-state index contributed by atoms with van der Waals surface area (Å²) in [5.41, 5.74) is 2.70. The van der Waals surface area contributed by atoms with Crippen LogP contribution in [-0.4, -0.2) is 28.0 Å². The lowest BCUT2D eigenvalue weighted by molar-refractivity contribution is 0.0730. The molecule has 0 aliphatic carbocycles. The summed E-state index contributed by atoms with van der Waals surface area (Å²) in [6.07, 6.45) is 2.96. The number of benzene rings is 2. The fraction of sp³-hybridized carbons (Fsp3) is 0.310. The molecule has 4 rings (SSSR count). The molecule has 4 aromatic rings. The minimum absolute atomic E-state index is 0.146. The molecule has 0 saturated heterocycles. The highest BCUT2D eigenvalue weighted by Gasteiger charge is 2.28. The predicted octanol–water partition coefficient (Wildman–Crippen LogP) is 7.51. The number of hydrogen-bond donors (Lipinski definition) is 1. The molecule has 0 fully saturated rings. The zero-order valence-electron chi connectivity index (χ0n) is 21.6. The summed E-state index contributed by atoms with van der Waals surface area (Å²) < 4.78 is 13.3. The summed E-state index contributed by atoms with van der Waals surface area (Å²) in [4.78, 5) is 17.6. The van der Waals surface area contributed by atoms with Crippen molar-refractivity contribution in [2.45, 2.75) is 46.6 Å². The van der Waals surface area contributed by atoms with E-state index < -0.39 is 5.97 Å². The fourth-order valence-corrected chi connectivity index (χ4v) is 4.90. The van der Waals surface area contributed by atoms with E-state index in [0.717, 1.165) is 29.1 Å². The number of rotatable bonds is 7. The van der Waals surface area contributed by atoms with Gasteiger partial charge >= 0.3 is 5.97 Å². The van der Waals surface area contributed by atoms with Crippen molar-refractivity contribution in [3.63, 3.8) is 0 Å². The van der Waals surface area contributed by atoms with E-state index in [-0.39, 0.29) is 11.0 Å². The molecule has 0 aliphatic rings. The average Bonchev–Trinajstić information content (AvgIpc) is 3.15. The van der Waals surface area contributed by atoms with E-state index in [9.17, 15) is 4.79 Å². The first kappa shape index (κ1) is 25.6. The first-order chi connectivity index (χ1) is 17.0. The zero-order valence-corrected chi connectivity index (χ0v) is 22.3. The molecule has 0 bridgehead atoms. The van der Waals surface area contributed by atoms with Gasteiger partial charge in [0.2, 0.25) is 0 Å². The fourth-order valence-electron chi connectivity index (χ4n) is 4.69. The van der Waals surface area contributed by atoms with Gasteiger partial charge in [-0.2, -0.15) is 0 Å².